The largest absolute Gasteiger partial charge is 0.356 e. The lowest BCUT2D eigenvalue weighted by Gasteiger charge is -2.26. The first-order valence-electron chi connectivity index (χ1n) is 8.76. The van der Waals surface area contributed by atoms with Gasteiger partial charge in [0.05, 0.1) is 5.56 Å². The second kappa shape index (κ2) is 10.6. The number of amides is 2. The summed E-state index contributed by atoms with van der Waals surface area (Å²) in [5, 5.41) is 9.23. The molecule has 3 N–H and O–H groups in total. The molecule has 140 valence electrons. The zero-order chi connectivity index (χ0) is 18.9. The van der Waals surface area contributed by atoms with Crippen molar-refractivity contribution < 1.29 is 9.59 Å². The number of rotatable bonds is 10. The number of nitrogens with one attached hydrogen (secondary N) is 3. The molecule has 0 atom stereocenters. The highest BCUT2D eigenvalue weighted by molar-refractivity contribution is 9.10. The van der Waals surface area contributed by atoms with E-state index in [9.17, 15) is 9.59 Å². The highest BCUT2D eigenvalue weighted by atomic mass is 79.9. The van der Waals surface area contributed by atoms with Crippen LogP contribution in [0, 0.1) is 5.92 Å². The molecule has 6 heteroatoms. The lowest BCUT2D eigenvalue weighted by Crippen LogP contribution is -2.45. The van der Waals surface area contributed by atoms with E-state index in [0.29, 0.717) is 31.0 Å². The van der Waals surface area contributed by atoms with Crippen LogP contribution in [0.2, 0.25) is 0 Å². The first-order valence-corrected chi connectivity index (χ1v) is 9.55. The maximum Gasteiger partial charge on any atom is 0.252 e. The van der Waals surface area contributed by atoms with Gasteiger partial charge in [0, 0.05) is 29.5 Å². The van der Waals surface area contributed by atoms with E-state index in [1.165, 1.54) is 0 Å². The van der Waals surface area contributed by atoms with Crippen molar-refractivity contribution in [3.8, 4) is 0 Å². The summed E-state index contributed by atoms with van der Waals surface area (Å²) in [7, 11) is 0. The second-order valence-corrected chi connectivity index (χ2v) is 8.13. The van der Waals surface area contributed by atoms with Gasteiger partial charge in [0.2, 0.25) is 5.91 Å². The normalized spacial score (nSPS) is 11.4. The molecule has 1 aromatic rings. The first-order chi connectivity index (χ1) is 11.7. The van der Waals surface area contributed by atoms with Crippen LogP contribution in [-0.2, 0) is 4.79 Å². The van der Waals surface area contributed by atoms with Crippen LogP contribution in [-0.4, -0.2) is 37.0 Å². The van der Waals surface area contributed by atoms with Gasteiger partial charge in [-0.1, -0.05) is 26.0 Å². The number of hydrogen-bond acceptors (Lipinski definition) is 3. The number of carbonyl (C=O) groups is 2. The molecular weight excluding hydrogens is 382 g/mol. The molecule has 0 aromatic heterocycles. The molecule has 0 bridgehead atoms. The van der Waals surface area contributed by atoms with E-state index in [1.54, 1.807) is 6.07 Å². The molecular formula is C19H30BrN3O2. The Morgan fingerprint density at radius 2 is 1.80 bits per heavy atom. The van der Waals surface area contributed by atoms with E-state index in [1.807, 2.05) is 32.0 Å². The van der Waals surface area contributed by atoms with Crippen LogP contribution in [0.1, 0.15) is 50.9 Å². The zero-order valence-corrected chi connectivity index (χ0v) is 17.2. The summed E-state index contributed by atoms with van der Waals surface area (Å²) in [5.41, 5.74) is 0.366. The first kappa shape index (κ1) is 21.6. The van der Waals surface area contributed by atoms with Gasteiger partial charge in [0.1, 0.15) is 0 Å². The highest BCUT2D eigenvalue weighted by Crippen LogP contribution is 2.15. The van der Waals surface area contributed by atoms with Crippen molar-refractivity contribution in [1.82, 2.24) is 16.0 Å². The number of hydrogen-bond donors (Lipinski definition) is 3. The van der Waals surface area contributed by atoms with E-state index in [0.717, 1.165) is 17.4 Å². The molecule has 1 rings (SSSR count). The monoisotopic (exact) mass is 411 g/mol. The van der Waals surface area contributed by atoms with Crippen molar-refractivity contribution in [1.29, 1.82) is 0 Å². The molecule has 1 aromatic carbocycles. The average Bonchev–Trinajstić information content (AvgIpc) is 2.52. The maximum atomic E-state index is 12.1. The van der Waals surface area contributed by atoms with Crippen molar-refractivity contribution in [3.63, 3.8) is 0 Å². The van der Waals surface area contributed by atoms with Crippen LogP contribution in [0.4, 0.5) is 0 Å². The Morgan fingerprint density at radius 3 is 2.44 bits per heavy atom. The van der Waals surface area contributed by atoms with E-state index in [4.69, 9.17) is 0 Å². The molecule has 25 heavy (non-hydrogen) atoms. The summed E-state index contributed by atoms with van der Waals surface area (Å²) in [4.78, 5) is 24.0. The van der Waals surface area contributed by atoms with E-state index >= 15 is 0 Å². The van der Waals surface area contributed by atoms with Gasteiger partial charge in [-0.15, -0.1) is 0 Å². The summed E-state index contributed by atoms with van der Waals surface area (Å²) < 4.78 is 0.791. The summed E-state index contributed by atoms with van der Waals surface area (Å²) in [5.74, 6) is 0.432. The predicted molar refractivity (Wildman–Crippen MR) is 106 cm³/mol. The quantitative estimate of drug-likeness (QED) is 0.518. The van der Waals surface area contributed by atoms with Gasteiger partial charge in [-0.3, -0.25) is 9.59 Å². The summed E-state index contributed by atoms with van der Waals surface area (Å²) in [6.07, 6.45) is 1.23. The second-order valence-electron chi connectivity index (χ2n) is 7.27. The minimum absolute atomic E-state index is 0.0634. The highest BCUT2D eigenvalue weighted by Gasteiger charge is 2.21. The Hall–Kier alpha value is -1.40. The summed E-state index contributed by atoms with van der Waals surface area (Å²) >= 11 is 3.38. The van der Waals surface area contributed by atoms with Crippen molar-refractivity contribution in [2.45, 2.75) is 46.1 Å². The predicted octanol–water partition coefficient (Wildman–Crippen LogP) is 3.10. The third-order valence-corrected chi connectivity index (χ3v) is 4.36. The van der Waals surface area contributed by atoms with Crippen LogP contribution >= 0.6 is 15.9 Å². The van der Waals surface area contributed by atoms with Crippen LogP contribution in [0.5, 0.6) is 0 Å². The van der Waals surface area contributed by atoms with Gasteiger partial charge in [-0.25, -0.2) is 0 Å². The Morgan fingerprint density at radius 1 is 1.12 bits per heavy atom. The van der Waals surface area contributed by atoms with Crippen molar-refractivity contribution in [2.24, 2.45) is 5.92 Å². The standard InChI is InChI=1S/C19H30BrN3O2/c1-14(2)13-22-17(24)12-19(3,4)23-11-7-10-21-18(25)15-8-5-6-9-16(15)20/h5-6,8-9,14,23H,7,10-13H2,1-4H3,(H,21,25)(H,22,24). The Labute approximate surface area is 159 Å². The molecule has 0 heterocycles. The van der Waals surface area contributed by atoms with Gasteiger partial charge in [0.15, 0.2) is 0 Å². The topological polar surface area (TPSA) is 70.2 Å². The number of carbonyl (C=O) groups excluding carboxylic acids is 2. The van der Waals surface area contributed by atoms with Gasteiger partial charge >= 0.3 is 0 Å². The zero-order valence-electron chi connectivity index (χ0n) is 15.6. The molecule has 0 unspecified atom stereocenters. The number of halogens is 1. The Balaban J connectivity index is 2.24. The third kappa shape index (κ3) is 9.02. The minimum atomic E-state index is -0.270. The maximum absolute atomic E-state index is 12.1. The molecule has 2 amide bonds. The molecule has 0 spiro atoms. The van der Waals surface area contributed by atoms with Gasteiger partial charge in [-0.05, 0) is 60.8 Å². The Bertz CT molecular complexity index is 574. The molecule has 0 aliphatic rings. The van der Waals surface area contributed by atoms with Crippen LogP contribution in [0.25, 0.3) is 0 Å². The lowest BCUT2D eigenvalue weighted by atomic mass is 10.00. The van der Waals surface area contributed by atoms with Gasteiger partial charge in [-0.2, -0.15) is 0 Å². The summed E-state index contributed by atoms with van der Waals surface area (Å²) in [6, 6.07) is 7.36. The Kier molecular flexibility index (Phi) is 9.14. The van der Waals surface area contributed by atoms with Crippen LogP contribution in [0.3, 0.4) is 0 Å². The van der Waals surface area contributed by atoms with Crippen molar-refractivity contribution in [2.75, 3.05) is 19.6 Å². The van der Waals surface area contributed by atoms with Crippen molar-refractivity contribution in [3.05, 3.63) is 34.3 Å². The molecule has 0 saturated heterocycles. The van der Waals surface area contributed by atoms with E-state index in [2.05, 4.69) is 45.7 Å². The minimum Gasteiger partial charge on any atom is -0.356 e. The third-order valence-electron chi connectivity index (χ3n) is 3.67. The SMILES string of the molecule is CC(C)CNC(=O)CC(C)(C)NCCCNC(=O)c1ccccc1Br. The van der Waals surface area contributed by atoms with Gasteiger partial charge in [0.25, 0.3) is 5.91 Å². The molecule has 0 aliphatic heterocycles. The molecule has 0 saturated carbocycles. The average molecular weight is 412 g/mol. The summed E-state index contributed by atoms with van der Waals surface area (Å²) in [6.45, 7) is 10.2. The molecule has 0 fully saturated rings. The van der Waals surface area contributed by atoms with Gasteiger partial charge < -0.3 is 16.0 Å². The van der Waals surface area contributed by atoms with E-state index in [-0.39, 0.29) is 17.4 Å². The van der Waals surface area contributed by atoms with E-state index < -0.39 is 0 Å². The lowest BCUT2D eigenvalue weighted by molar-refractivity contribution is -0.122. The fourth-order valence-electron chi connectivity index (χ4n) is 2.30. The molecule has 0 aliphatic carbocycles. The molecule has 0 radical (unpaired) electrons. The fourth-order valence-corrected chi connectivity index (χ4v) is 2.77. The smallest absolute Gasteiger partial charge is 0.252 e. The van der Waals surface area contributed by atoms with Crippen LogP contribution < -0.4 is 16.0 Å². The number of benzene rings is 1. The van der Waals surface area contributed by atoms with Crippen molar-refractivity contribution >= 4 is 27.7 Å². The molecule has 5 nitrogen and oxygen atoms in total. The fraction of sp³-hybridized carbons (Fsp3) is 0.579. The van der Waals surface area contributed by atoms with Crippen LogP contribution in [0.15, 0.2) is 28.7 Å².